The van der Waals surface area contributed by atoms with Gasteiger partial charge in [-0.25, -0.2) is 9.97 Å². The van der Waals surface area contributed by atoms with Gasteiger partial charge in [0.1, 0.15) is 18.2 Å². The molecule has 3 aromatic heterocycles. The highest BCUT2D eigenvalue weighted by Gasteiger charge is 2.32. The fourth-order valence-corrected chi connectivity index (χ4v) is 8.23. The molecule has 4 aromatic carbocycles. The lowest BCUT2D eigenvalue weighted by Crippen LogP contribution is -2.26. The van der Waals surface area contributed by atoms with Crippen LogP contribution >= 0.6 is 0 Å². The summed E-state index contributed by atoms with van der Waals surface area (Å²) in [6.07, 6.45) is 24.9. The zero-order chi connectivity index (χ0) is 49.4. The summed E-state index contributed by atoms with van der Waals surface area (Å²) < 4.78 is 61.9. The van der Waals surface area contributed by atoms with Crippen LogP contribution in [0, 0.1) is 0 Å². The van der Waals surface area contributed by atoms with Gasteiger partial charge in [0.25, 0.3) is 0 Å². The summed E-state index contributed by atoms with van der Waals surface area (Å²) >= 11 is 0. The maximum absolute atomic E-state index is 9.33. The number of anilines is 4. The predicted molar refractivity (Wildman–Crippen MR) is 272 cm³/mol. The second-order valence-electron chi connectivity index (χ2n) is 16.5. The van der Waals surface area contributed by atoms with Crippen molar-refractivity contribution in [1.29, 1.82) is 0 Å². The smallest absolute Gasteiger partial charge is 0.221 e. The van der Waals surface area contributed by atoms with Gasteiger partial charge in [0.05, 0.1) is 36.3 Å². The third-order valence-electron chi connectivity index (χ3n) is 11.3. The fraction of sp³-hybridized carbons (Fsp3) is 0.0909. The summed E-state index contributed by atoms with van der Waals surface area (Å²) in [7, 11) is 4.19. The van der Waals surface area contributed by atoms with E-state index in [2.05, 4.69) is 92.3 Å². The molecule has 0 fully saturated rings. The maximum Gasteiger partial charge on any atom is 0.221 e. The van der Waals surface area contributed by atoms with Crippen molar-refractivity contribution < 1.29 is 13.0 Å². The van der Waals surface area contributed by atoms with E-state index in [1.54, 1.807) is 35.0 Å². The van der Waals surface area contributed by atoms with Crippen molar-refractivity contribution in [2.75, 3.05) is 16.5 Å². The lowest BCUT2D eigenvalue weighted by molar-refractivity contribution is 0.463. The Morgan fingerprint density at radius 2 is 1.35 bits per heavy atom. The van der Waals surface area contributed by atoms with Crippen LogP contribution in [0.1, 0.15) is 45.7 Å². The molecule has 0 saturated carbocycles. The third-order valence-corrected chi connectivity index (χ3v) is 11.3. The van der Waals surface area contributed by atoms with Crippen molar-refractivity contribution in [3.05, 3.63) is 223 Å². The zero-order valence-corrected chi connectivity index (χ0v) is 36.2. The molecule has 314 valence electrons. The number of para-hydroxylation sites is 4. The van der Waals surface area contributed by atoms with Gasteiger partial charge in [-0.15, -0.1) is 12.0 Å². The molecule has 2 radical (unpaired) electrons. The molecule has 6 heterocycles. The van der Waals surface area contributed by atoms with Gasteiger partial charge in [0, 0.05) is 65.8 Å². The van der Waals surface area contributed by atoms with Crippen molar-refractivity contribution in [3.8, 4) is 17.4 Å². The average molecular weight is 850 g/mol. The molecule has 0 amide bonds. The van der Waals surface area contributed by atoms with E-state index >= 15 is 0 Å². The Morgan fingerprint density at radius 1 is 0.662 bits per heavy atom. The van der Waals surface area contributed by atoms with Crippen molar-refractivity contribution in [2.24, 2.45) is 0 Å². The highest BCUT2D eigenvalue weighted by Crippen LogP contribution is 2.48. The van der Waals surface area contributed by atoms with E-state index in [1.807, 2.05) is 108 Å². The SMILES string of the molecule is [2H]c1nc(Oc2ccc3c4c([2H])c([2H])c([2H])c([2H])c4n(-c4cc(C(C)(C)C)ccn4)c3c2)cc(N2CN(c3c(/C4=C/C=C\N/C=C\C=C/[B]4)cccc3/C3=C/C=C\N/C=C\C=C/[B]3)c3ccccc32)c1[2H]. The molecule has 0 bridgehead atoms. The van der Waals surface area contributed by atoms with Crippen molar-refractivity contribution in [2.45, 2.75) is 26.2 Å². The summed E-state index contributed by atoms with van der Waals surface area (Å²) in [6.45, 7) is 6.57. The largest absolute Gasteiger partial charge is 0.439 e. The minimum absolute atomic E-state index is 0.0790. The van der Waals surface area contributed by atoms with Crippen LogP contribution in [-0.4, -0.2) is 35.8 Å². The van der Waals surface area contributed by atoms with E-state index in [9.17, 15) is 1.37 Å². The van der Waals surface area contributed by atoms with Crippen LogP contribution in [0.3, 0.4) is 0 Å². The Kier molecular flexibility index (Phi) is 9.57. The number of fused-ring (bicyclic) bond motifs is 4. The molecular weight excluding hydrogens is 796 g/mol. The second-order valence-corrected chi connectivity index (χ2v) is 16.5. The van der Waals surface area contributed by atoms with Gasteiger partial charge in [-0.3, -0.25) is 4.57 Å². The van der Waals surface area contributed by atoms with Crippen LogP contribution in [0.2, 0.25) is 0 Å². The van der Waals surface area contributed by atoms with E-state index in [1.165, 1.54) is 0 Å². The van der Waals surface area contributed by atoms with Gasteiger partial charge >= 0.3 is 0 Å². The van der Waals surface area contributed by atoms with E-state index < -0.39 is 0 Å². The lowest BCUT2D eigenvalue weighted by atomic mass is 9.63. The van der Waals surface area contributed by atoms with E-state index in [-0.39, 0.29) is 54.3 Å². The monoisotopic (exact) mass is 849 g/mol. The van der Waals surface area contributed by atoms with Gasteiger partial charge < -0.3 is 25.2 Å². The Balaban J connectivity index is 1.09. The summed E-state index contributed by atoms with van der Waals surface area (Å²) in [5.74, 6) is 4.95. The number of hydrogen-bond acceptors (Lipinski definition) is 7. The standard InChI is InChI=1S/C55H47B2N7O/c1-55(2,3)39-25-33-60-52(35-39)64-48-20-5-4-15-42(48)43-24-23-41(37-51(43)64)65-53-36-40(26-34-61-53)62-38-63(50-22-7-6-21-49(50)62)54-44(46-18-13-31-58-29-10-8-27-56-46)16-12-17-45(54)47-19-14-32-59-30-11-9-28-57-47/h4-37,58-59H,38H2,1-3H3/b27-8-,28-9-,29-10-,30-11-,31-13-,32-14-,46-18-,47-19-/i4D,5D,15D,20D,26D,34D. The summed E-state index contributed by atoms with van der Waals surface area (Å²) in [5.41, 5.74) is 8.58. The highest BCUT2D eigenvalue weighted by molar-refractivity contribution is 6.67. The minimum atomic E-state index is -0.344. The number of rotatable bonds is 7. The Bertz CT molecular complexity index is 3460. The number of ether oxygens (including phenoxy) is 1. The average Bonchev–Trinajstić information content (AvgIpc) is 3.93. The molecule has 2 N–H and O–H groups in total. The number of aromatic nitrogens is 3. The normalized spacial score (nSPS) is 20.7. The van der Waals surface area contributed by atoms with Crippen molar-refractivity contribution in [3.63, 3.8) is 0 Å². The first-order valence-electron chi connectivity index (χ1n) is 24.4. The predicted octanol–water partition coefficient (Wildman–Crippen LogP) is 12.3. The van der Waals surface area contributed by atoms with Crippen LogP contribution < -0.4 is 25.2 Å². The first-order valence-corrected chi connectivity index (χ1v) is 21.4. The molecule has 0 saturated heterocycles. The van der Waals surface area contributed by atoms with Gasteiger partial charge in [0.2, 0.25) is 5.88 Å². The maximum atomic E-state index is 9.33. The van der Waals surface area contributed by atoms with Crippen LogP contribution in [0.5, 0.6) is 11.6 Å². The van der Waals surface area contributed by atoms with Crippen molar-refractivity contribution in [1.82, 2.24) is 25.2 Å². The van der Waals surface area contributed by atoms with E-state index in [4.69, 9.17) is 16.6 Å². The number of hydrogen-bond donors (Lipinski definition) is 2. The molecule has 0 spiro atoms. The first kappa shape index (κ1) is 34.5. The summed E-state index contributed by atoms with van der Waals surface area (Å²) in [6, 6.07) is 24.1. The van der Waals surface area contributed by atoms with Crippen molar-refractivity contribution >= 4 is 70.1 Å². The molecule has 10 heteroatoms. The number of nitrogens with one attached hydrogen (secondary N) is 2. The fourth-order valence-electron chi connectivity index (χ4n) is 8.23. The lowest BCUT2D eigenvalue weighted by Gasteiger charge is -2.28. The second kappa shape index (κ2) is 18.0. The Hall–Kier alpha value is -7.97. The topological polar surface area (TPSA) is 70.5 Å². The molecule has 0 atom stereocenters. The molecule has 3 aliphatic heterocycles. The number of allylic oxidation sites excluding steroid dienone is 8. The molecule has 10 rings (SSSR count). The van der Waals surface area contributed by atoms with Crippen LogP contribution in [0.4, 0.5) is 22.7 Å². The van der Waals surface area contributed by atoms with E-state index in [0.717, 1.165) is 44.7 Å². The number of benzene rings is 4. The first-order chi connectivity index (χ1) is 34.4. The quantitative estimate of drug-likeness (QED) is 0.155. The van der Waals surface area contributed by atoms with E-state index in [0.29, 0.717) is 39.1 Å². The van der Waals surface area contributed by atoms with Crippen LogP contribution in [-0.2, 0) is 5.41 Å². The molecule has 8 nitrogen and oxygen atoms in total. The molecule has 3 aliphatic rings. The summed E-state index contributed by atoms with van der Waals surface area (Å²) in [5, 5.41) is 7.31. The molecule has 65 heavy (non-hydrogen) atoms. The molecule has 0 aliphatic carbocycles. The minimum Gasteiger partial charge on any atom is -0.439 e. The van der Waals surface area contributed by atoms with Gasteiger partial charge in [-0.05, 0) is 94.9 Å². The Morgan fingerprint density at radius 3 is 2.08 bits per heavy atom. The molecule has 7 aromatic rings. The Labute approximate surface area is 390 Å². The van der Waals surface area contributed by atoms with Gasteiger partial charge in [-0.2, -0.15) is 0 Å². The molecular formula is C55H47B2N7O. The van der Waals surface area contributed by atoms with Crippen LogP contribution in [0.25, 0.3) is 38.6 Å². The zero-order valence-electron chi connectivity index (χ0n) is 42.2. The van der Waals surface area contributed by atoms with Gasteiger partial charge in [0.15, 0.2) is 14.6 Å². The van der Waals surface area contributed by atoms with Crippen LogP contribution in [0.15, 0.2) is 207 Å². The number of pyridine rings is 2. The van der Waals surface area contributed by atoms with Gasteiger partial charge in [-0.1, -0.05) is 104 Å². The molecule has 0 unspecified atom stereocenters. The third kappa shape index (κ3) is 8.46. The highest BCUT2D eigenvalue weighted by atomic mass is 16.5. The summed E-state index contributed by atoms with van der Waals surface area (Å²) in [4.78, 5) is 13.4. The number of nitrogens with zero attached hydrogens (tertiary/aromatic N) is 5.